The van der Waals surface area contributed by atoms with Crippen LogP contribution in [0, 0.1) is 18.3 Å². The molecule has 13 heteroatoms. The van der Waals surface area contributed by atoms with E-state index in [1.165, 1.54) is 23.0 Å². The number of amides is 1. The van der Waals surface area contributed by atoms with Gasteiger partial charge in [0, 0.05) is 24.6 Å². The molecule has 8 nitrogen and oxygen atoms in total. The number of hydrogen-bond acceptors (Lipinski definition) is 6. The quantitative estimate of drug-likeness (QED) is 0.646. The van der Waals surface area contributed by atoms with E-state index in [4.69, 9.17) is 5.26 Å². The van der Waals surface area contributed by atoms with Gasteiger partial charge in [0.25, 0.3) is 0 Å². The summed E-state index contributed by atoms with van der Waals surface area (Å²) in [5.41, 5.74) is -2.04. The second kappa shape index (κ2) is 8.62. The third kappa shape index (κ3) is 4.71. The number of nitrogens with one attached hydrogen (secondary N) is 2. The zero-order valence-corrected chi connectivity index (χ0v) is 19.0. The summed E-state index contributed by atoms with van der Waals surface area (Å²) in [6.45, 7) is 1.45. The number of nitrogens with zero attached hydrogens (tertiary/aromatic N) is 3. The number of carbonyl (C=O) groups excluding carboxylic acids is 1. The fourth-order valence-corrected chi connectivity index (χ4v) is 5.68. The van der Waals surface area contributed by atoms with E-state index in [9.17, 15) is 26.4 Å². The number of hydrogen-bond donors (Lipinski definition) is 2. The van der Waals surface area contributed by atoms with Crippen LogP contribution in [0.4, 0.5) is 13.2 Å². The Morgan fingerprint density at radius 2 is 2.06 bits per heavy atom. The van der Waals surface area contributed by atoms with Crippen LogP contribution in [0.3, 0.4) is 0 Å². The minimum atomic E-state index is -4.90. The number of imidazole rings is 1. The van der Waals surface area contributed by atoms with Crippen molar-refractivity contribution in [2.75, 3.05) is 6.54 Å². The van der Waals surface area contributed by atoms with E-state index in [0.717, 1.165) is 12.1 Å². The average molecular weight is 504 g/mol. The Morgan fingerprint density at radius 3 is 2.61 bits per heavy atom. The molecule has 2 aromatic rings. The highest BCUT2D eigenvalue weighted by atomic mass is 35.5. The maximum Gasteiger partial charge on any atom is 0.417 e. The molecule has 0 radical (unpaired) electrons. The zero-order chi connectivity index (χ0) is 23.3. The molecule has 1 aromatic carbocycles. The largest absolute Gasteiger partial charge is 0.417 e. The van der Waals surface area contributed by atoms with Crippen LogP contribution in [0.15, 0.2) is 35.5 Å². The normalized spacial score (nSPS) is 21.7. The number of rotatable bonds is 5. The number of alkyl halides is 3. The van der Waals surface area contributed by atoms with Crippen LogP contribution < -0.4 is 10.6 Å². The first-order valence-corrected chi connectivity index (χ1v) is 11.4. The highest BCUT2D eigenvalue weighted by molar-refractivity contribution is 7.92. The van der Waals surface area contributed by atoms with Crippen LogP contribution in [0.25, 0.3) is 5.69 Å². The Labute approximate surface area is 194 Å². The maximum atomic E-state index is 13.8. The number of carbonyl (C=O) groups is 1. The molecule has 1 aliphatic heterocycles. The number of aromatic nitrogens is 2. The smallest absolute Gasteiger partial charge is 0.336 e. The van der Waals surface area contributed by atoms with Crippen molar-refractivity contribution >= 4 is 28.2 Å². The molecule has 33 heavy (non-hydrogen) atoms. The lowest BCUT2D eigenvalue weighted by molar-refractivity contribution is -0.139. The summed E-state index contributed by atoms with van der Waals surface area (Å²) in [6, 6.07) is 4.15. The third-order valence-electron chi connectivity index (χ3n) is 5.85. The van der Waals surface area contributed by atoms with Gasteiger partial charge in [-0.25, -0.2) is 13.4 Å². The van der Waals surface area contributed by atoms with Crippen molar-refractivity contribution in [2.24, 2.45) is 0 Å². The summed E-state index contributed by atoms with van der Waals surface area (Å²) in [5, 5.41) is 13.2. The predicted octanol–water partition coefficient (Wildman–Crippen LogP) is 2.30. The van der Waals surface area contributed by atoms with Crippen molar-refractivity contribution in [1.82, 2.24) is 20.2 Å². The molecular weight excluding hydrogens is 483 g/mol. The molecule has 1 aromatic heterocycles. The molecule has 1 amide bonds. The predicted molar refractivity (Wildman–Crippen MR) is 114 cm³/mol. The molecule has 2 heterocycles. The van der Waals surface area contributed by atoms with Gasteiger partial charge in [-0.05, 0) is 44.4 Å². The zero-order valence-electron chi connectivity index (χ0n) is 17.4. The van der Waals surface area contributed by atoms with Crippen LogP contribution >= 0.6 is 12.4 Å². The van der Waals surface area contributed by atoms with Crippen molar-refractivity contribution < 1.29 is 26.4 Å². The number of benzene rings is 1. The lowest BCUT2D eigenvalue weighted by Crippen LogP contribution is -2.45. The Kier molecular flexibility index (Phi) is 6.54. The van der Waals surface area contributed by atoms with Gasteiger partial charge in [-0.1, -0.05) is 0 Å². The monoisotopic (exact) mass is 503 g/mol. The SMILES string of the molecule is Cc1nccn1-c1ccc(S(=O)(=O)[C@H]2CN[C@H](C(=O)NC3(C#N)CC3)C2)c(C(F)(F)F)c1.Cl. The van der Waals surface area contributed by atoms with Crippen molar-refractivity contribution in [3.8, 4) is 11.8 Å². The third-order valence-corrected chi connectivity index (χ3v) is 8.06. The topological polar surface area (TPSA) is 117 Å². The second-order valence-corrected chi connectivity index (χ2v) is 10.3. The van der Waals surface area contributed by atoms with E-state index in [1.807, 2.05) is 6.07 Å². The highest BCUT2D eigenvalue weighted by Crippen LogP contribution is 2.38. The Morgan fingerprint density at radius 1 is 1.36 bits per heavy atom. The Hall–Kier alpha value is -2.62. The molecule has 1 aliphatic carbocycles. The van der Waals surface area contributed by atoms with Gasteiger partial charge in [0.1, 0.15) is 11.4 Å². The van der Waals surface area contributed by atoms with E-state index in [0.29, 0.717) is 18.7 Å². The summed E-state index contributed by atoms with van der Waals surface area (Å²) < 4.78 is 69.2. The molecular formula is C20H21ClF3N5O3S. The van der Waals surface area contributed by atoms with Gasteiger partial charge >= 0.3 is 6.18 Å². The van der Waals surface area contributed by atoms with Gasteiger partial charge in [-0.15, -0.1) is 12.4 Å². The lowest BCUT2D eigenvalue weighted by Gasteiger charge is -2.18. The van der Waals surface area contributed by atoms with E-state index < -0.39 is 49.2 Å². The van der Waals surface area contributed by atoms with Gasteiger partial charge in [0.2, 0.25) is 5.91 Å². The van der Waals surface area contributed by atoms with Gasteiger partial charge in [0.05, 0.1) is 27.8 Å². The molecule has 4 rings (SSSR count). The second-order valence-electron chi connectivity index (χ2n) is 8.07. The van der Waals surface area contributed by atoms with Gasteiger partial charge in [-0.2, -0.15) is 18.4 Å². The number of aryl methyl sites for hydroxylation is 1. The standard InChI is InChI=1S/C20H20F3N5O3S.ClH/c1-12-25-6-7-28(12)13-2-3-17(15(8-13)20(21,22)23)32(30,31)14-9-16(26-10-14)18(29)27-19(11-24)4-5-19;/h2-3,6-8,14,16,26H,4-5,9-10H2,1H3,(H,27,29);1H/t14-,16+;/m1./s1. The minimum Gasteiger partial charge on any atom is -0.336 e. The molecule has 0 bridgehead atoms. The molecule has 1 saturated heterocycles. The Balaban J connectivity index is 0.00000306. The van der Waals surface area contributed by atoms with E-state index >= 15 is 0 Å². The summed E-state index contributed by atoms with van der Waals surface area (Å²) in [6.07, 6.45) is -1.14. The number of sulfone groups is 1. The van der Waals surface area contributed by atoms with Crippen LogP contribution in [0.1, 0.15) is 30.7 Å². The van der Waals surface area contributed by atoms with Gasteiger partial charge in [-0.3, -0.25) is 4.79 Å². The van der Waals surface area contributed by atoms with Crippen LogP contribution in [0.5, 0.6) is 0 Å². The molecule has 2 aliphatic rings. The molecule has 0 unspecified atom stereocenters. The summed E-state index contributed by atoms with van der Waals surface area (Å²) in [5.74, 6) is -0.0721. The van der Waals surface area contributed by atoms with Gasteiger partial charge < -0.3 is 15.2 Å². The molecule has 178 valence electrons. The fraction of sp³-hybridized carbons (Fsp3) is 0.450. The van der Waals surface area contributed by atoms with Crippen molar-refractivity contribution in [3.05, 3.63) is 42.0 Å². The summed E-state index contributed by atoms with van der Waals surface area (Å²) in [4.78, 5) is 15.5. The van der Waals surface area contributed by atoms with Crippen LogP contribution in [0.2, 0.25) is 0 Å². The van der Waals surface area contributed by atoms with Crippen LogP contribution in [-0.4, -0.2) is 47.3 Å². The Bertz CT molecular complexity index is 1220. The first kappa shape index (κ1) is 25.0. The molecule has 2 atom stereocenters. The first-order valence-electron chi connectivity index (χ1n) is 9.89. The van der Waals surface area contributed by atoms with Crippen molar-refractivity contribution in [2.45, 2.75) is 54.1 Å². The molecule has 2 fully saturated rings. The first-order chi connectivity index (χ1) is 15.0. The van der Waals surface area contributed by atoms with Gasteiger partial charge in [0.15, 0.2) is 9.84 Å². The maximum absolute atomic E-state index is 13.8. The summed E-state index contributed by atoms with van der Waals surface area (Å²) in [7, 11) is -4.40. The molecule has 0 spiro atoms. The number of nitriles is 1. The highest BCUT2D eigenvalue weighted by Gasteiger charge is 2.48. The average Bonchev–Trinajstić information content (AvgIpc) is 3.13. The van der Waals surface area contributed by atoms with Crippen LogP contribution in [-0.2, 0) is 20.8 Å². The molecule has 1 saturated carbocycles. The van der Waals surface area contributed by atoms with E-state index in [1.54, 1.807) is 6.92 Å². The fourth-order valence-electron chi connectivity index (χ4n) is 3.82. The van der Waals surface area contributed by atoms with Crippen molar-refractivity contribution in [3.63, 3.8) is 0 Å². The minimum absolute atomic E-state index is 0. The van der Waals surface area contributed by atoms with Crippen molar-refractivity contribution in [1.29, 1.82) is 5.26 Å². The van der Waals surface area contributed by atoms with E-state index in [2.05, 4.69) is 15.6 Å². The lowest BCUT2D eigenvalue weighted by atomic mass is 10.2. The van der Waals surface area contributed by atoms with E-state index in [-0.39, 0.29) is 31.1 Å². The molecule has 2 N–H and O–H groups in total. The number of halogens is 4. The summed E-state index contributed by atoms with van der Waals surface area (Å²) >= 11 is 0.